The van der Waals surface area contributed by atoms with Crippen LogP contribution in [-0.4, -0.2) is 24.0 Å². The van der Waals surface area contributed by atoms with Gasteiger partial charge in [0.2, 0.25) is 0 Å². The van der Waals surface area contributed by atoms with Gasteiger partial charge in [-0.2, -0.15) is 0 Å². The van der Waals surface area contributed by atoms with Crippen LogP contribution in [0, 0.1) is 0 Å². The smallest absolute Gasteiger partial charge is 0.354 e. The first-order valence-electron chi connectivity index (χ1n) is 6.27. The maximum absolute atomic E-state index is 12.1. The van der Waals surface area contributed by atoms with Crippen molar-refractivity contribution >= 4 is 18.0 Å². The van der Waals surface area contributed by atoms with E-state index in [0.29, 0.717) is 11.1 Å². The van der Waals surface area contributed by atoms with Crippen molar-refractivity contribution in [2.24, 2.45) is 0 Å². The Morgan fingerprint density at radius 1 is 1.14 bits per heavy atom. The van der Waals surface area contributed by atoms with Gasteiger partial charge in [-0.05, 0) is 29.8 Å². The molecule has 0 saturated heterocycles. The zero-order chi connectivity index (χ0) is 15.1. The molecule has 0 radical (unpaired) electrons. The molecule has 0 spiro atoms. The molecule has 0 aliphatic rings. The van der Waals surface area contributed by atoms with Crippen molar-refractivity contribution in [3.8, 4) is 0 Å². The summed E-state index contributed by atoms with van der Waals surface area (Å²) in [6.45, 7) is 0. The number of methoxy groups -OCH3 is 1. The lowest BCUT2D eigenvalue weighted by Crippen LogP contribution is -2.28. The number of esters is 1. The highest BCUT2D eigenvalue weighted by Gasteiger charge is 2.14. The van der Waals surface area contributed by atoms with Crippen molar-refractivity contribution in [1.82, 2.24) is 10.3 Å². The Morgan fingerprint density at radius 3 is 2.52 bits per heavy atom. The first-order chi connectivity index (χ1) is 10.2. The average molecular weight is 282 g/mol. The number of hydrogen-bond acceptors (Lipinski definition) is 4. The van der Waals surface area contributed by atoms with E-state index in [1.54, 1.807) is 48.8 Å². The van der Waals surface area contributed by atoms with E-state index in [-0.39, 0.29) is 11.6 Å². The van der Waals surface area contributed by atoms with Crippen molar-refractivity contribution in [1.29, 1.82) is 0 Å². The van der Waals surface area contributed by atoms with Gasteiger partial charge in [0.15, 0.2) is 0 Å². The second kappa shape index (κ2) is 7.00. The minimum atomic E-state index is -0.622. The van der Waals surface area contributed by atoms with E-state index in [0.717, 1.165) is 0 Å². The van der Waals surface area contributed by atoms with E-state index in [1.165, 1.54) is 13.2 Å². The Balaban J connectivity index is 2.24. The van der Waals surface area contributed by atoms with Crippen LogP contribution in [-0.2, 0) is 9.53 Å². The van der Waals surface area contributed by atoms with Crippen LogP contribution in [0.4, 0.5) is 0 Å². The summed E-state index contributed by atoms with van der Waals surface area (Å²) < 4.78 is 4.68. The van der Waals surface area contributed by atoms with E-state index in [4.69, 9.17) is 0 Å². The molecule has 0 aliphatic carbocycles. The third kappa shape index (κ3) is 4.01. The minimum absolute atomic E-state index is 0.0550. The number of aromatic nitrogens is 1. The fourth-order valence-electron chi connectivity index (χ4n) is 1.67. The van der Waals surface area contributed by atoms with E-state index < -0.39 is 5.97 Å². The maximum Gasteiger partial charge on any atom is 0.354 e. The number of ether oxygens (including phenoxy) is 1. The molecule has 0 aliphatic heterocycles. The molecule has 5 nitrogen and oxygen atoms in total. The third-order valence-electron chi connectivity index (χ3n) is 2.68. The molecular formula is C16H14N2O3. The summed E-state index contributed by atoms with van der Waals surface area (Å²) in [5.41, 5.74) is 1.20. The molecule has 5 heteroatoms. The summed E-state index contributed by atoms with van der Waals surface area (Å²) >= 11 is 0. The summed E-state index contributed by atoms with van der Waals surface area (Å²) in [6, 6.07) is 12.1. The van der Waals surface area contributed by atoms with Gasteiger partial charge >= 0.3 is 5.97 Å². The quantitative estimate of drug-likeness (QED) is 0.688. The summed E-state index contributed by atoms with van der Waals surface area (Å²) in [6.07, 6.45) is 4.72. The van der Waals surface area contributed by atoms with E-state index >= 15 is 0 Å². The Hall–Kier alpha value is -2.95. The number of nitrogens with zero attached hydrogens (tertiary/aromatic N) is 1. The van der Waals surface area contributed by atoms with Crippen LogP contribution in [0.3, 0.4) is 0 Å². The maximum atomic E-state index is 12.1. The van der Waals surface area contributed by atoms with Crippen molar-refractivity contribution < 1.29 is 14.3 Å². The largest absolute Gasteiger partial charge is 0.464 e. The molecule has 1 heterocycles. The summed E-state index contributed by atoms with van der Waals surface area (Å²) in [5.74, 6) is -1.00. The molecule has 2 rings (SSSR count). The normalized spacial score (nSPS) is 10.8. The molecule has 0 atom stereocenters. The van der Waals surface area contributed by atoms with Gasteiger partial charge in [-0.25, -0.2) is 4.79 Å². The average Bonchev–Trinajstić information content (AvgIpc) is 2.55. The molecule has 1 aromatic carbocycles. The molecular weight excluding hydrogens is 268 g/mol. The molecule has 21 heavy (non-hydrogen) atoms. The zero-order valence-corrected chi connectivity index (χ0v) is 11.4. The number of carbonyl (C=O) groups excluding carboxylic acids is 2. The predicted octanol–water partition coefficient (Wildman–Crippen LogP) is 2.03. The van der Waals surface area contributed by atoms with E-state index in [9.17, 15) is 9.59 Å². The van der Waals surface area contributed by atoms with Gasteiger partial charge in [-0.3, -0.25) is 9.78 Å². The highest BCUT2D eigenvalue weighted by atomic mass is 16.5. The number of pyridine rings is 1. The van der Waals surface area contributed by atoms with Gasteiger partial charge in [-0.15, -0.1) is 0 Å². The Labute approximate surface area is 122 Å². The first kappa shape index (κ1) is 14.5. The highest BCUT2D eigenvalue weighted by molar-refractivity contribution is 6.03. The van der Waals surface area contributed by atoms with Crippen molar-refractivity contribution in [2.45, 2.75) is 0 Å². The first-order valence-corrected chi connectivity index (χ1v) is 6.27. The van der Waals surface area contributed by atoms with E-state index in [1.807, 2.05) is 6.07 Å². The van der Waals surface area contributed by atoms with Crippen LogP contribution in [0.1, 0.15) is 15.9 Å². The fraction of sp³-hybridized carbons (Fsp3) is 0.0625. The monoisotopic (exact) mass is 282 g/mol. The van der Waals surface area contributed by atoms with Gasteiger partial charge in [0.25, 0.3) is 5.91 Å². The van der Waals surface area contributed by atoms with Gasteiger partial charge in [0.1, 0.15) is 5.70 Å². The van der Waals surface area contributed by atoms with Crippen molar-refractivity contribution in [3.05, 3.63) is 71.7 Å². The Morgan fingerprint density at radius 2 is 1.90 bits per heavy atom. The van der Waals surface area contributed by atoms with Crippen molar-refractivity contribution in [3.63, 3.8) is 0 Å². The van der Waals surface area contributed by atoms with Gasteiger partial charge < -0.3 is 10.1 Å². The number of rotatable bonds is 4. The predicted molar refractivity (Wildman–Crippen MR) is 78.1 cm³/mol. The van der Waals surface area contributed by atoms with E-state index in [2.05, 4.69) is 15.0 Å². The Bertz CT molecular complexity index is 652. The van der Waals surface area contributed by atoms with Gasteiger partial charge in [-0.1, -0.05) is 24.3 Å². The molecule has 1 aromatic heterocycles. The van der Waals surface area contributed by atoms with Gasteiger partial charge in [0.05, 0.1) is 7.11 Å². The zero-order valence-electron chi connectivity index (χ0n) is 11.4. The number of hydrogen-bond donors (Lipinski definition) is 1. The fourth-order valence-corrected chi connectivity index (χ4v) is 1.67. The minimum Gasteiger partial charge on any atom is -0.464 e. The highest BCUT2D eigenvalue weighted by Crippen LogP contribution is 2.06. The number of carbonyl (C=O) groups is 2. The molecule has 0 bridgehead atoms. The van der Waals surface area contributed by atoms with Crippen LogP contribution in [0.25, 0.3) is 6.08 Å². The topological polar surface area (TPSA) is 68.3 Å². The molecule has 0 fully saturated rings. The van der Waals surface area contributed by atoms with Crippen molar-refractivity contribution in [2.75, 3.05) is 7.11 Å². The second-order valence-corrected chi connectivity index (χ2v) is 4.16. The summed E-state index contributed by atoms with van der Waals surface area (Å²) in [4.78, 5) is 27.8. The second-order valence-electron chi connectivity index (χ2n) is 4.16. The molecule has 1 amide bonds. The third-order valence-corrected chi connectivity index (χ3v) is 2.68. The molecule has 106 valence electrons. The number of amides is 1. The lowest BCUT2D eigenvalue weighted by atomic mass is 10.2. The lowest BCUT2D eigenvalue weighted by Gasteiger charge is -2.08. The van der Waals surface area contributed by atoms with Gasteiger partial charge in [0, 0.05) is 18.0 Å². The summed E-state index contributed by atoms with van der Waals surface area (Å²) in [7, 11) is 1.26. The van der Waals surface area contributed by atoms with Crippen LogP contribution in [0.15, 0.2) is 60.6 Å². The van der Waals surface area contributed by atoms with Crippen LogP contribution < -0.4 is 5.32 Å². The lowest BCUT2D eigenvalue weighted by molar-refractivity contribution is -0.136. The molecule has 2 aromatic rings. The standard InChI is InChI=1S/C16H14N2O3/c1-21-16(20)14(10-12-6-5-9-17-11-12)18-15(19)13-7-3-2-4-8-13/h2-11H,1H3,(H,18,19)/b14-10+. The van der Waals surface area contributed by atoms with Crippen LogP contribution in [0.5, 0.6) is 0 Å². The van der Waals surface area contributed by atoms with Crippen LogP contribution >= 0.6 is 0 Å². The number of nitrogens with one attached hydrogen (secondary N) is 1. The Kier molecular flexibility index (Phi) is 4.82. The summed E-state index contributed by atoms with van der Waals surface area (Å²) in [5, 5.41) is 2.55. The number of benzene rings is 1. The SMILES string of the molecule is COC(=O)/C(=C\c1cccnc1)NC(=O)c1ccccc1. The molecule has 0 saturated carbocycles. The van der Waals surface area contributed by atoms with Crippen LogP contribution in [0.2, 0.25) is 0 Å². The molecule has 1 N–H and O–H groups in total. The molecule has 0 unspecified atom stereocenters.